The number of aryl methyl sites for hydroxylation is 1. The molecule has 0 unspecified atom stereocenters. The van der Waals surface area contributed by atoms with Gasteiger partial charge in [-0.3, -0.25) is 19.0 Å². The number of aromatic nitrogens is 4. The Balaban J connectivity index is 1.74. The lowest BCUT2D eigenvalue weighted by atomic mass is 10.3. The highest BCUT2D eigenvalue weighted by molar-refractivity contribution is 5.93. The number of hydrogen-bond donors (Lipinski definition) is 2. The Morgan fingerprint density at radius 3 is 2.85 bits per heavy atom. The molecule has 8 heteroatoms. The van der Waals surface area contributed by atoms with Gasteiger partial charge in [-0.15, -0.1) is 0 Å². The summed E-state index contributed by atoms with van der Waals surface area (Å²) in [6, 6.07) is 1.84. The number of rotatable bonds is 7. The lowest BCUT2D eigenvalue weighted by Gasteiger charge is -2.03. The highest BCUT2D eigenvalue weighted by atomic mass is 16.4. The zero-order valence-electron chi connectivity index (χ0n) is 10.8. The molecule has 0 saturated carbocycles. The smallest absolute Gasteiger partial charge is 0.325 e. The Bertz CT molecular complexity index is 576. The minimum Gasteiger partial charge on any atom is -0.480 e. The summed E-state index contributed by atoms with van der Waals surface area (Å²) in [5.41, 5.74) is 0.352. The van der Waals surface area contributed by atoms with Gasteiger partial charge in [0.2, 0.25) is 0 Å². The van der Waals surface area contributed by atoms with Crippen LogP contribution in [-0.2, 0) is 17.9 Å². The SMILES string of the molecule is O=C(O)Cn1cc(C(=O)NCCCn2cccn2)cn1. The van der Waals surface area contributed by atoms with Crippen molar-refractivity contribution in [2.24, 2.45) is 0 Å². The molecule has 0 bridgehead atoms. The molecule has 0 aromatic carbocycles. The molecule has 0 aliphatic carbocycles. The number of carbonyl (C=O) groups is 2. The average molecular weight is 277 g/mol. The van der Waals surface area contributed by atoms with Crippen molar-refractivity contribution in [3.63, 3.8) is 0 Å². The van der Waals surface area contributed by atoms with E-state index < -0.39 is 5.97 Å². The second kappa shape index (κ2) is 6.50. The maximum atomic E-state index is 11.8. The molecule has 2 aromatic heterocycles. The van der Waals surface area contributed by atoms with Crippen molar-refractivity contribution in [2.75, 3.05) is 6.54 Å². The molecule has 106 valence electrons. The first-order valence-corrected chi connectivity index (χ1v) is 6.15. The molecule has 0 aliphatic heterocycles. The van der Waals surface area contributed by atoms with Crippen molar-refractivity contribution in [2.45, 2.75) is 19.5 Å². The van der Waals surface area contributed by atoms with E-state index in [0.717, 1.165) is 13.0 Å². The van der Waals surface area contributed by atoms with Crippen molar-refractivity contribution in [1.82, 2.24) is 24.9 Å². The summed E-state index contributed by atoms with van der Waals surface area (Å²) in [5.74, 6) is -1.26. The van der Waals surface area contributed by atoms with Crippen molar-refractivity contribution in [3.05, 3.63) is 36.4 Å². The summed E-state index contributed by atoms with van der Waals surface area (Å²) in [7, 11) is 0. The van der Waals surface area contributed by atoms with Crippen LogP contribution in [0, 0.1) is 0 Å². The zero-order valence-corrected chi connectivity index (χ0v) is 10.8. The molecule has 20 heavy (non-hydrogen) atoms. The van der Waals surface area contributed by atoms with Crippen LogP contribution in [-0.4, -0.2) is 43.1 Å². The highest BCUT2D eigenvalue weighted by Gasteiger charge is 2.09. The van der Waals surface area contributed by atoms with Crippen LogP contribution in [0.25, 0.3) is 0 Å². The van der Waals surface area contributed by atoms with Crippen molar-refractivity contribution >= 4 is 11.9 Å². The molecule has 0 radical (unpaired) electrons. The van der Waals surface area contributed by atoms with Crippen molar-refractivity contribution in [1.29, 1.82) is 0 Å². The largest absolute Gasteiger partial charge is 0.480 e. The first-order valence-electron chi connectivity index (χ1n) is 6.15. The fourth-order valence-corrected chi connectivity index (χ4v) is 1.68. The van der Waals surface area contributed by atoms with Gasteiger partial charge in [-0.05, 0) is 12.5 Å². The topological polar surface area (TPSA) is 102 Å². The third-order valence-electron chi connectivity index (χ3n) is 2.60. The van der Waals surface area contributed by atoms with E-state index in [4.69, 9.17) is 5.11 Å². The zero-order chi connectivity index (χ0) is 14.4. The number of nitrogens with one attached hydrogen (secondary N) is 1. The second-order valence-corrected chi connectivity index (χ2v) is 4.20. The number of hydrogen-bond acceptors (Lipinski definition) is 4. The van der Waals surface area contributed by atoms with E-state index in [0.29, 0.717) is 12.1 Å². The second-order valence-electron chi connectivity index (χ2n) is 4.20. The standard InChI is InChI=1S/C12H15N5O3/c18-11(19)9-17-8-10(7-15-17)12(20)13-3-1-5-16-6-2-4-14-16/h2,4,6-8H,1,3,5,9H2,(H,13,20)(H,18,19). The third kappa shape index (κ3) is 3.94. The number of carboxylic acids is 1. The Hall–Kier alpha value is -2.64. The minimum atomic E-state index is -1.00. The first kappa shape index (κ1) is 13.8. The van der Waals surface area contributed by atoms with Gasteiger partial charge in [0.1, 0.15) is 6.54 Å². The monoisotopic (exact) mass is 277 g/mol. The molecular weight excluding hydrogens is 262 g/mol. The van der Waals surface area contributed by atoms with Gasteiger partial charge >= 0.3 is 5.97 Å². The Morgan fingerprint density at radius 2 is 2.15 bits per heavy atom. The van der Waals surface area contributed by atoms with Crippen LogP contribution in [0.3, 0.4) is 0 Å². The number of carboxylic acid groups (broad SMARTS) is 1. The fraction of sp³-hybridized carbons (Fsp3) is 0.333. The van der Waals surface area contributed by atoms with Crippen LogP contribution in [0.5, 0.6) is 0 Å². The summed E-state index contributed by atoms with van der Waals surface area (Å²) in [6.07, 6.45) is 7.09. The van der Waals surface area contributed by atoms with Crippen molar-refractivity contribution < 1.29 is 14.7 Å². The summed E-state index contributed by atoms with van der Waals surface area (Å²) in [5, 5.41) is 19.2. The molecule has 0 atom stereocenters. The Morgan fingerprint density at radius 1 is 1.30 bits per heavy atom. The van der Waals surface area contributed by atoms with Crippen LogP contribution in [0.4, 0.5) is 0 Å². The van der Waals surface area contributed by atoms with E-state index >= 15 is 0 Å². The molecule has 0 fully saturated rings. The van der Waals surface area contributed by atoms with E-state index in [2.05, 4.69) is 15.5 Å². The van der Waals surface area contributed by atoms with Crippen LogP contribution in [0.2, 0.25) is 0 Å². The molecular formula is C12H15N5O3. The summed E-state index contributed by atoms with van der Waals surface area (Å²) in [4.78, 5) is 22.3. The molecule has 1 amide bonds. The van der Waals surface area contributed by atoms with E-state index in [1.165, 1.54) is 17.1 Å². The number of carbonyl (C=O) groups excluding carboxylic acids is 1. The molecule has 2 N–H and O–H groups in total. The molecule has 0 saturated heterocycles. The van der Waals surface area contributed by atoms with Crippen LogP contribution >= 0.6 is 0 Å². The van der Waals surface area contributed by atoms with Crippen LogP contribution in [0.1, 0.15) is 16.8 Å². The normalized spacial score (nSPS) is 10.4. The van der Waals surface area contributed by atoms with Crippen LogP contribution in [0.15, 0.2) is 30.9 Å². The average Bonchev–Trinajstić information content (AvgIpc) is 3.04. The summed E-state index contributed by atoms with van der Waals surface area (Å²) >= 11 is 0. The highest BCUT2D eigenvalue weighted by Crippen LogP contribution is 1.98. The molecule has 2 aromatic rings. The first-order chi connectivity index (χ1) is 9.65. The van der Waals surface area contributed by atoms with Gasteiger partial charge in [-0.25, -0.2) is 0 Å². The summed E-state index contributed by atoms with van der Waals surface area (Å²) in [6.45, 7) is 0.987. The van der Waals surface area contributed by atoms with E-state index in [1.807, 2.05) is 12.3 Å². The predicted molar refractivity (Wildman–Crippen MR) is 69.0 cm³/mol. The van der Waals surface area contributed by atoms with Crippen molar-refractivity contribution in [3.8, 4) is 0 Å². The van der Waals surface area contributed by atoms with Gasteiger partial charge in [0.25, 0.3) is 5.91 Å². The molecule has 0 aliphatic rings. The molecule has 0 spiro atoms. The van der Waals surface area contributed by atoms with Gasteiger partial charge in [0.15, 0.2) is 0 Å². The molecule has 2 rings (SSSR count). The number of aliphatic carboxylic acids is 1. The molecule has 8 nitrogen and oxygen atoms in total. The maximum absolute atomic E-state index is 11.8. The van der Waals surface area contributed by atoms with E-state index in [1.54, 1.807) is 10.9 Å². The number of amides is 1. The quantitative estimate of drug-likeness (QED) is 0.693. The predicted octanol–water partition coefficient (Wildman–Crippen LogP) is -0.0157. The van der Waals surface area contributed by atoms with Crippen LogP contribution < -0.4 is 5.32 Å². The fourth-order valence-electron chi connectivity index (χ4n) is 1.68. The maximum Gasteiger partial charge on any atom is 0.325 e. The van der Waals surface area contributed by atoms with Gasteiger partial charge in [-0.1, -0.05) is 0 Å². The minimum absolute atomic E-state index is 0.257. The van der Waals surface area contributed by atoms with Gasteiger partial charge in [-0.2, -0.15) is 10.2 Å². The van der Waals surface area contributed by atoms with E-state index in [9.17, 15) is 9.59 Å². The summed E-state index contributed by atoms with van der Waals surface area (Å²) < 4.78 is 3.00. The lowest BCUT2D eigenvalue weighted by Crippen LogP contribution is -2.25. The molecule has 2 heterocycles. The van der Waals surface area contributed by atoms with Gasteiger partial charge < -0.3 is 10.4 Å². The number of nitrogens with zero attached hydrogens (tertiary/aromatic N) is 4. The van der Waals surface area contributed by atoms with Gasteiger partial charge in [0.05, 0.1) is 11.8 Å². The Labute approximate surface area is 115 Å². The Kier molecular flexibility index (Phi) is 4.48. The third-order valence-corrected chi connectivity index (χ3v) is 2.60. The van der Waals surface area contributed by atoms with E-state index in [-0.39, 0.29) is 12.5 Å². The van der Waals surface area contributed by atoms with Gasteiger partial charge in [0, 0.05) is 31.7 Å². The lowest BCUT2D eigenvalue weighted by molar-refractivity contribution is -0.137.